The van der Waals surface area contributed by atoms with E-state index in [9.17, 15) is 0 Å². The molecule has 0 aromatic rings. The molecule has 0 fully saturated rings. The molecule has 0 saturated heterocycles. The first-order valence-electron chi connectivity index (χ1n) is 9.09. The van der Waals surface area contributed by atoms with E-state index in [0.29, 0.717) is 0 Å². The average molecular weight is 397 g/mol. The number of hydrogen-bond acceptors (Lipinski definition) is 0. The minimum atomic E-state index is 0. The zero-order valence-corrected chi connectivity index (χ0v) is 16.9. The third-order valence-corrected chi connectivity index (χ3v) is 4.44. The number of rotatable bonds is 14. The van der Waals surface area contributed by atoms with Gasteiger partial charge in [-0.1, -0.05) is 53.4 Å². The Balaban J connectivity index is 0. The van der Waals surface area contributed by atoms with E-state index < -0.39 is 0 Å². The highest BCUT2D eigenvalue weighted by atomic mass is 127. The van der Waals surface area contributed by atoms with Gasteiger partial charge in [-0.15, -0.1) is 0 Å². The molecule has 0 saturated carbocycles. The normalized spacial score (nSPS) is 11.4. The molecule has 0 heterocycles. The van der Waals surface area contributed by atoms with Crippen LogP contribution in [0.2, 0.25) is 0 Å². The maximum absolute atomic E-state index is 2.34. The first-order chi connectivity index (χ1) is 9.24. The van der Waals surface area contributed by atoms with Crippen LogP contribution in [0, 0.1) is 0 Å². The monoisotopic (exact) mass is 397 g/mol. The van der Waals surface area contributed by atoms with E-state index in [1.807, 2.05) is 0 Å². The highest BCUT2D eigenvalue weighted by Crippen LogP contribution is 2.17. The second-order valence-electron chi connectivity index (χ2n) is 6.36. The van der Waals surface area contributed by atoms with Crippen molar-refractivity contribution in [1.82, 2.24) is 0 Å². The molecule has 0 aromatic carbocycles. The number of quaternary nitrogens is 1. The topological polar surface area (TPSA) is 0 Å². The van der Waals surface area contributed by atoms with E-state index in [1.54, 1.807) is 0 Å². The molecular weight excluding hydrogens is 357 g/mol. The highest BCUT2D eigenvalue weighted by molar-refractivity contribution is 4.50. The second kappa shape index (κ2) is 16.1. The lowest BCUT2D eigenvalue weighted by Crippen LogP contribution is -3.00. The van der Waals surface area contributed by atoms with Crippen LogP contribution in [0.3, 0.4) is 0 Å². The summed E-state index contributed by atoms with van der Waals surface area (Å²) in [6.45, 7) is 15.1. The van der Waals surface area contributed by atoms with Crippen molar-refractivity contribution in [3.05, 3.63) is 0 Å². The molecule has 0 aliphatic heterocycles. The van der Waals surface area contributed by atoms with Crippen molar-refractivity contribution in [3.63, 3.8) is 0 Å². The molecule has 1 nitrogen and oxygen atoms in total. The molecule has 0 aliphatic rings. The first-order valence-corrected chi connectivity index (χ1v) is 9.09. The summed E-state index contributed by atoms with van der Waals surface area (Å²) < 4.78 is 1.43. The fraction of sp³-hybridized carbons (Fsp3) is 1.00. The Morgan fingerprint density at radius 2 is 0.750 bits per heavy atom. The van der Waals surface area contributed by atoms with Crippen molar-refractivity contribution < 1.29 is 28.5 Å². The van der Waals surface area contributed by atoms with Crippen LogP contribution in [0.5, 0.6) is 0 Å². The van der Waals surface area contributed by atoms with Crippen LogP contribution >= 0.6 is 0 Å². The average Bonchev–Trinajstić information content (AvgIpc) is 2.43. The summed E-state index contributed by atoms with van der Waals surface area (Å²) in [6.07, 6.45) is 14.0. The summed E-state index contributed by atoms with van der Waals surface area (Å²) in [5.74, 6) is 0. The molecule has 0 aliphatic carbocycles. The van der Waals surface area contributed by atoms with Crippen molar-refractivity contribution in [2.24, 2.45) is 0 Å². The molecule has 0 N–H and O–H groups in total. The van der Waals surface area contributed by atoms with Crippen molar-refractivity contribution in [2.75, 3.05) is 26.2 Å². The smallest absolute Gasteiger partial charge is 0.0786 e. The molecule has 0 atom stereocenters. The van der Waals surface area contributed by atoms with Gasteiger partial charge in [-0.3, -0.25) is 0 Å². The Morgan fingerprint density at radius 3 is 1.05 bits per heavy atom. The van der Waals surface area contributed by atoms with E-state index in [0.717, 1.165) is 0 Å². The van der Waals surface area contributed by atoms with Gasteiger partial charge in [0.15, 0.2) is 0 Å². The standard InChI is InChI=1S/C18H40N.HI/c1-5-9-13-17-19(15-11-7-3,16-12-8-4)18-14-10-6-2;/h5-18H2,1-4H3;1H/q+1;/p-1. The van der Waals surface area contributed by atoms with Crippen molar-refractivity contribution in [2.45, 2.75) is 91.9 Å². The van der Waals surface area contributed by atoms with Gasteiger partial charge >= 0.3 is 0 Å². The van der Waals surface area contributed by atoms with Gasteiger partial charge in [-0.2, -0.15) is 0 Å². The molecule has 0 aromatic heterocycles. The minimum Gasteiger partial charge on any atom is -1.00 e. The molecule has 20 heavy (non-hydrogen) atoms. The third-order valence-electron chi connectivity index (χ3n) is 4.44. The second-order valence-corrected chi connectivity index (χ2v) is 6.36. The van der Waals surface area contributed by atoms with Gasteiger partial charge in [0.25, 0.3) is 0 Å². The van der Waals surface area contributed by atoms with E-state index in [2.05, 4.69) is 27.7 Å². The van der Waals surface area contributed by atoms with Gasteiger partial charge in [-0.05, 0) is 38.5 Å². The van der Waals surface area contributed by atoms with Crippen LogP contribution < -0.4 is 24.0 Å². The van der Waals surface area contributed by atoms with Crippen molar-refractivity contribution >= 4 is 0 Å². The predicted octanol–water partition coefficient (Wildman–Crippen LogP) is 2.79. The summed E-state index contributed by atoms with van der Waals surface area (Å²) in [5.41, 5.74) is 0. The van der Waals surface area contributed by atoms with Crippen LogP contribution in [-0.2, 0) is 0 Å². The van der Waals surface area contributed by atoms with Crippen LogP contribution in [0.4, 0.5) is 0 Å². The Hall–Kier alpha value is 0.690. The Morgan fingerprint density at radius 1 is 0.450 bits per heavy atom. The summed E-state index contributed by atoms with van der Waals surface area (Å²) in [4.78, 5) is 0. The summed E-state index contributed by atoms with van der Waals surface area (Å²) >= 11 is 0. The lowest BCUT2D eigenvalue weighted by Gasteiger charge is -2.39. The molecule has 0 bridgehead atoms. The van der Waals surface area contributed by atoms with Crippen molar-refractivity contribution in [3.8, 4) is 0 Å². The number of unbranched alkanes of at least 4 members (excludes halogenated alkanes) is 6. The fourth-order valence-corrected chi connectivity index (χ4v) is 3.05. The zero-order valence-electron chi connectivity index (χ0n) is 14.7. The van der Waals surface area contributed by atoms with Crippen molar-refractivity contribution in [1.29, 1.82) is 0 Å². The van der Waals surface area contributed by atoms with Crippen LogP contribution in [-0.4, -0.2) is 30.7 Å². The Kier molecular flexibility index (Phi) is 18.4. The van der Waals surface area contributed by atoms with Crippen LogP contribution in [0.25, 0.3) is 0 Å². The fourth-order valence-electron chi connectivity index (χ4n) is 3.05. The SMILES string of the molecule is CCCCC[N+](CCCC)(CCCC)CCCCC.[I-]. The number of halogens is 1. The number of nitrogens with zero attached hydrogens (tertiary/aromatic N) is 1. The summed E-state index contributed by atoms with van der Waals surface area (Å²) in [6, 6.07) is 0. The molecule has 0 unspecified atom stereocenters. The number of hydrogen-bond donors (Lipinski definition) is 0. The zero-order chi connectivity index (χ0) is 14.4. The lowest BCUT2D eigenvalue weighted by atomic mass is 10.1. The molecule has 0 amide bonds. The third kappa shape index (κ3) is 11.4. The molecule has 2 heteroatoms. The van der Waals surface area contributed by atoms with Gasteiger partial charge in [0.1, 0.15) is 0 Å². The first kappa shape index (κ1) is 23.0. The maximum Gasteiger partial charge on any atom is 0.0786 e. The molecule has 0 radical (unpaired) electrons. The Labute approximate surface area is 146 Å². The maximum atomic E-state index is 2.34. The summed E-state index contributed by atoms with van der Waals surface area (Å²) in [5, 5.41) is 0. The highest BCUT2D eigenvalue weighted by Gasteiger charge is 2.24. The van der Waals surface area contributed by atoms with Gasteiger partial charge in [0.2, 0.25) is 0 Å². The molecular formula is C18H40IN. The van der Waals surface area contributed by atoms with Gasteiger partial charge in [-0.25, -0.2) is 0 Å². The van der Waals surface area contributed by atoms with Crippen LogP contribution in [0.1, 0.15) is 91.9 Å². The van der Waals surface area contributed by atoms with E-state index in [-0.39, 0.29) is 24.0 Å². The quantitative estimate of drug-likeness (QED) is 0.240. The van der Waals surface area contributed by atoms with E-state index in [4.69, 9.17) is 0 Å². The Bertz CT molecular complexity index is 162. The van der Waals surface area contributed by atoms with Crippen LogP contribution in [0.15, 0.2) is 0 Å². The van der Waals surface area contributed by atoms with E-state index in [1.165, 1.54) is 94.9 Å². The summed E-state index contributed by atoms with van der Waals surface area (Å²) in [7, 11) is 0. The predicted molar refractivity (Wildman–Crippen MR) is 88.6 cm³/mol. The van der Waals surface area contributed by atoms with Gasteiger partial charge in [0, 0.05) is 0 Å². The lowest BCUT2D eigenvalue weighted by molar-refractivity contribution is -0.929. The van der Waals surface area contributed by atoms with Gasteiger partial charge in [0.05, 0.1) is 26.2 Å². The van der Waals surface area contributed by atoms with E-state index >= 15 is 0 Å². The molecule has 124 valence electrons. The molecule has 0 rings (SSSR count). The van der Waals surface area contributed by atoms with Gasteiger partial charge < -0.3 is 28.5 Å². The minimum absolute atomic E-state index is 0. The molecule has 0 spiro atoms. The largest absolute Gasteiger partial charge is 1.00 e.